The Balaban J connectivity index is 1.39. The summed E-state index contributed by atoms with van der Waals surface area (Å²) in [5.41, 5.74) is 5.59. The predicted octanol–water partition coefficient (Wildman–Crippen LogP) is 2.17. The maximum Gasteiger partial charge on any atom is 0.0109 e. The number of unbranched alkanes of at least 4 members (excludes halogenated alkanes) is 1. The molecular weight excluding hydrogens is 246 g/mol. The topological polar surface area (TPSA) is 32.5 Å². The quantitative estimate of drug-likeness (QED) is 0.756. The van der Waals surface area contributed by atoms with Gasteiger partial charge in [0.2, 0.25) is 0 Å². The first-order valence-electron chi connectivity index (χ1n) is 9.00. The van der Waals surface area contributed by atoms with Crippen LogP contribution in [0.25, 0.3) is 0 Å². The minimum absolute atomic E-state index is 0.851. The van der Waals surface area contributed by atoms with Gasteiger partial charge in [0, 0.05) is 19.6 Å². The van der Waals surface area contributed by atoms with Crippen LogP contribution in [0.1, 0.15) is 44.9 Å². The number of fused-ring (bicyclic) bond motifs is 2. The Morgan fingerprint density at radius 1 is 0.900 bits per heavy atom. The van der Waals surface area contributed by atoms with E-state index in [1.807, 2.05) is 0 Å². The Morgan fingerprint density at radius 2 is 1.75 bits per heavy atom. The lowest BCUT2D eigenvalue weighted by atomic mass is 9.88. The fraction of sp³-hybridized carbons (Fsp3) is 1.00. The van der Waals surface area contributed by atoms with Gasteiger partial charge in [-0.25, -0.2) is 0 Å². The molecule has 0 spiro atoms. The van der Waals surface area contributed by atoms with E-state index in [0.717, 1.165) is 24.3 Å². The van der Waals surface area contributed by atoms with Gasteiger partial charge in [0.15, 0.2) is 0 Å². The summed E-state index contributed by atoms with van der Waals surface area (Å²) in [5, 5.41) is 0. The van der Waals surface area contributed by atoms with E-state index in [2.05, 4.69) is 9.80 Å². The lowest BCUT2D eigenvalue weighted by molar-refractivity contribution is 0.191. The second kappa shape index (κ2) is 7.24. The monoisotopic (exact) mass is 279 g/mol. The van der Waals surface area contributed by atoms with Crippen LogP contribution < -0.4 is 5.73 Å². The maximum absolute atomic E-state index is 5.59. The largest absolute Gasteiger partial charge is 0.330 e. The van der Waals surface area contributed by atoms with E-state index < -0.39 is 0 Å². The Labute approximate surface area is 124 Å². The van der Waals surface area contributed by atoms with Gasteiger partial charge in [-0.3, -0.25) is 0 Å². The van der Waals surface area contributed by atoms with Crippen LogP contribution in [0.2, 0.25) is 0 Å². The molecule has 3 heteroatoms. The zero-order chi connectivity index (χ0) is 13.8. The van der Waals surface area contributed by atoms with E-state index in [-0.39, 0.29) is 0 Å². The number of nitrogens with two attached hydrogens (primary N) is 1. The maximum atomic E-state index is 5.59. The van der Waals surface area contributed by atoms with Gasteiger partial charge in [0.1, 0.15) is 0 Å². The molecule has 1 saturated heterocycles. The van der Waals surface area contributed by atoms with E-state index >= 15 is 0 Å². The van der Waals surface area contributed by atoms with Crippen molar-refractivity contribution in [1.29, 1.82) is 0 Å². The zero-order valence-corrected chi connectivity index (χ0v) is 13.1. The van der Waals surface area contributed by atoms with E-state index in [0.29, 0.717) is 0 Å². The number of nitrogens with zero attached hydrogens (tertiary/aromatic N) is 2. The lowest BCUT2D eigenvalue weighted by Crippen LogP contribution is -2.35. The highest BCUT2D eigenvalue weighted by atomic mass is 15.2. The van der Waals surface area contributed by atoms with Crippen LogP contribution in [0.15, 0.2) is 0 Å². The van der Waals surface area contributed by atoms with Crippen molar-refractivity contribution in [3.05, 3.63) is 0 Å². The molecule has 116 valence electrons. The lowest BCUT2D eigenvalue weighted by Gasteiger charge is -2.29. The fourth-order valence-electron chi connectivity index (χ4n) is 4.84. The molecule has 3 aliphatic rings. The van der Waals surface area contributed by atoms with Crippen molar-refractivity contribution in [2.24, 2.45) is 23.5 Å². The van der Waals surface area contributed by atoms with Crippen LogP contribution in [-0.2, 0) is 0 Å². The summed E-state index contributed by atoms with van der Waals surface area (Å²) in [7, 11) is 0. The molecule has 0 aromatic rings. The molecule has 1 heterocycles. The molecule has 3 unspecified atom stereocenters. The molecule has 2 saturated carbocycles. The highest BCUT2D eigenvalue weighted by molar-refractivity contribution is 4.91. The molecule has 0 aromatic carbocycles. The number of rotatable bonds is 6. The summed E-state index contributed by atoms with van der Waals surface area (Å²) >= 11 is 0. The van der Waals surface area contributed by atoms with Crippen molar-refractivity contribution in [1.82, 2.24) is 9.80 Å². The predicted molar refractivity (Wildman–Crippen MR) is 84.7 cm³/mol. The van der Waals surface area contributed by atoms with Crippen molar-refractivity contribution in [3.63, 3.8) is 0 Å². The normalized spacial score (nSPS) is 35.5. The van der Waals surface area contributed by atoms with Crippen LogP contribution in [-0.4, -0.2) is 55.6 Å². The Kier molecular flexibility index (Phi) is 5.36. The molecule has 0 aromatic heterocycles. The van der Waals surface area contributed by atoms with Gasteiger partial charge in [-0.1, -0.05) is 6.42 Å². The minimum Gasteiger partial charge on any atom is -0.330 e. The molecule has 3 fully saturated rings. The highest BCUT2D eigenvalue weighted by Crippen LogP contribution is 2.48. The second-order valence-electron chi connectivity index (χ2n) is 7.43. The molecule has 3 atom stereocenters. The van der Waals surface area contributed by atoms with Gasteiger partial charge in [-0.15, -0.1) is 0 Å². The van der Waals surface area contributed by atoms with Crippen molar-refractivity contribution in [2.75, 3.05) is 45.8 Å². The Hall–Kier alpha value is -0.120. The smallest absolute Gasteiger partial charge is 0.0109 e. The Morgan fingerprint density at radius 3 is 2.50 bits per heavy atom. The average Bonchev–Trinajstić information content (AvgIpc) is 2.99. The molecule has 3 rings (SSSR count). The third-order valence-electron chi connectivity index (χ3n) is 5.99. The molecule has 2 N–H and O–H groups in total. The van der Waals surface area contributed by atoms with Crippen LogP contribution in [0.5, 0.6) is 0 Å². The van der Waals surface area contributed by atoms with E-state index in [1.54, 1.807) is 12.8 Å². The average molecular weight is 279 g/mol. The first-order valence-corrected chi connectivity index (χ1v) is 9.00. The number of hydrogen-bond acceptors (Lipinski definition) is 3. The summed E-state index contributed by atoms with van der Waals surface area (Å²) in [6.45, 7) is 8.74. The van der Waals surface area contributed by atoms with Crippen LogP contribution in [0.4, 0.5) is 0 Å². The third kappa shape index (κ3) is 3.75. The molecule has 3 nitrogen and oxygen atoms in total. The highest BCUT2D eigenvalue weighted by Gasteiger charge is 2.39. The van der Waals surface area contributed by atoms with Crippen LogP contribution in [0, 0.1) is 17.8 Å². The minimum atomic E-state index is 0.851. The van der Waals surface area contributed by atoms with Gasteiger partial charge in [-0.2, -0.15) is 0 Å². The van der Waals surface area contributed by atoms with Crippen molar-refractivity contribution in [3.8, 4) is 0 Å². The van der Waals surface area contributed by atoms with Crippen LogP contribution in [0.3, 0.4) is 0 Å². The van der Waals surface area contributed by atoms with Gasteiger partial charge in [0.05, 0.1) is 0 Å². The van der Waals surface area contributed by atoms with Gasteiger partial charge < -0.3 is 15.5 Å². The first-order chi connectivity index (χ1) is 9.85. The molecule has 2 aliphatic carbocycles. The summed E-state index contributed by atoms with van der Waals surface area (Å²) in [6.07, 6.45) is 10.0. The molecule has 0 radical (unpaired) electrons. The molecule has 2 bridgehead atoms. The van der Waals surface area contributed by atoms with Crippen molar-refractivity contribution in [2.45, 2.75) is 44.9 Å². The fourth-order valence-corrected chi connectivity index (χ4v) is 4.84. The van der Waals surface area contributed by atoms with E-state index in [9.17, 15) is 0 Å². The summed E-state index contributed by atoms with van der Waals surface area (Å²) in [5.74, 6) is 3.23. The number of hydrogen-bond donors (Lipinski definition) is 1. The summed E-state index contributed by atoms with van der Waals surface area (Å²) in [4.78, 5) is 5.44. The van der Waals surface area contributed by atoms with E-state index in [1.165, 1.54) is 71.4 Å². The summed E-state index contributed by atoms with van der Waals surface area (Å²) in [6, 6.07) is 0. The Bertz CT molecular complexity index is 294. The van der Waals surface area contributed by atoms with Crippen molar-refractivity contribution < 1.29 is 0 Å². The zero-order valence-electron chi connectivity index (χ0n) is 13.1. The third-order valence-corrected chi connectivity index (χ3v) is 5.99. The van der Waals surface area contributed by atoms with Gasteiger partial charge >= 0.3 is 0 Å². The molecule has 0 amide bonds. The van der Waals surface area contributed by atoms with Crippen molar-refractivity contribution >= 4 is 0 Å². The molecule has 20 heavy (non-hydrogen) atoms. The van der Waals surface area contributed by atoms with Crippen LogP contribution >= 0.6 is 0 Å². The summed E-state index contributed by atoms with van der Waals surface area (Å²) < 4.78 is 0. The van der Waals surface area contributed by atoms with E-state index in [4.69, 9.17) is 5.73 Å². The standard InChI is InChI=1S/C17H33N3/c18-6-1-2-7-19-8-3-9-20(11-10-19)14-17-13-15-4-5-16(17)12-15/h15-17H,1-14,18H2. The second-order valence-corrected chi connectivity index (χ2v) is 7.43. The SMILES string of the molecule is NCCCCN1CCCN(CC2CC3CCC2C3)CC1. The molecular formula is C17H33N3. The molecule has 1 aliphatic heterocycles. The first kappa shape index (κ1) is 14.8. The van der Waals surface area contributed by atoms with Gasteiger partial charge in [0.25, 0.3) is 0 Å². The van der Waals surface area contributed by atoms with Gasteiger partial charge in [-0.05, 0) is 82.5 Å².